The highest BCUT2D eigenvalue weighted by atomic mass is 79.9. The first-order valence-corrected chi connectivity index (χ1v) is 11.1. The predicted octanol–water partition coefficient (Wildman–Crippen LogP) is 4.57. The summed E-state index contributed by atoms with van der Waals surface area (Å²) in [6.45, 7) is 2.50. The second-order valence-electron chi connectivity index (χ2n) is 6.63. The summed E-state index contributed by atoms with van der Waals surface area (Å²) in [4.78, 5) is 29.9. The Balaban J connectivity index is 1.44. The molecule has 4 rings (SSSR count). The van der Waals surface area contributed by atoms with Crippen molar-refractivity contribution < 1.29 is 4.79 Å². The summed E-state index contributed by atoms with van der Waals surface area (Å²) in [6.07, 6.45) is 3.19. The first kappa shape index (κ1) is 20.4. The van der Waals surface area contributed by atoms with Gasteiger partial charge in [0.25, 0.3) is 0 Å². The monoisotopic (exact) mass is 479 g/mol. The van der Waals surface area contributed by atoms with Gasteiger partial charge >= 0.3 is 0 Å². The average molecular weight is 480 g/mol. The molecular formula is C22H18BrN5OS. The summed E-state index contributed by atoms with van der Waals surface area (Å²) >= 11 is 4.83. The molecule has 4 aromatic rings. The van der Waals surface area contributed by atoms with E-state index in [1.54, 1.807) is 6.20 Å². The number of halogens is 1. The van der Waals surface area contributed by atoms with Crippen LogP contribution in [-0.4, -0.2) is 31.6 Å². The van der Waals surface area contributed by atoms with Crippen LogP contribution in [0.5, 0.6) is 0 Å². The molecule has 1 amide bonds. The second kappa shape index (κ2) is 9.32. The van der Waals surface area contributed by atoms with E-state index < -0.39 is 0 Å². The minimum absolute atomic E-state index is 0.0697. The number of benzene rings is 2. The Labute approximate surface area is 186 Å². The zero-order valence-electron chi connectivity index (χ0n) is 16.2. The van der Waals surface area contributed by atoms with Gasteiger partial charge in [0, 0.05) is 22.8 Å². The first-order chi connectivity index (χ1) is 14.6. The van der Waals surface area contributed by atoms with E-state index >= 15 is 0 Å². The minimum atomic E-state index is -0.0697. The Morgan fingerprint density at radius 2 is 1.87 bits per heavy atom. The van der Waals surface area contributed by atoms with Crippen molar-refractivity contribution in [2.45, 2.75) is 18.5 Å². The summed E-state index contributed by atoms with van der Waals surface area (Å²) < 4.78 is 0.973. The Hall–Kier alpha value is -2.84. The molecule has 2 aromatic carbocycles. The average Bonchev–Trinajstić information content (AvgIpc) is 2.77. The SMILES string of the molecule is Cc1ccc(-c2ncc3c(SCC(=O)NCc4ccccc4Br)ncnc3n2)cc1. The van der Waals surface area contributed by atoms with E-state index in [0.717, 1.165) is 21.0 Å². The largest absolute Gasteiger partial charge is 0.351 e. The smallest absolute Gasteiger partial charge is 0.230 e. The van der Waals surface area contributed by atoms with Gasteiger partial charge in [-0.1, -0.05) is 75.7 Å². The quantitative estimate of drug-likeness (QED) is 0.322. The lowest BCUT2D eigenvalue weighted by Gasteiger charge is -2.08. The third-order valence-corrected chi connectivity index (χ3v) is 6.22. The standard InChI is InChI=1S/C22H18BrN5OS/c1-14-6-8-15(9-7-14)20-25-11-17-21(28-20)26-13-27-22(17)30-12-19(29)24-10-16-4-2-3-5-18(16)23/h2-9,11,13H,10,12H2,1H3,(H,24,29). The highest BCUT2D eigenvalue weighted by Gasteiger charge is 2.11. The maximum Gasteiger partial charge on any atom is 0.230 e. The molecule has 150 valence electrons. The van der Waals surface area contributed by atoms with Gasteiger partial charge in [-0.25, -0.2) is 19.9 Å². The van der Waals surface area contributed by atoms with Crippen molar-refractivity contribution in [1.29, 1.82) is 0 Å². The fourth-order valence-electron chi connectivity index (χ4n) is 2.80. The zero-order valence-corrected chi connectivity index (χ0v) is 18.6. The summed E-state index contributed by atoms with van der Waals surface area (Å²) in [5, 5.41) is 4.35. The minimum Gasteiger partial charge on any atom is -0.351 e. The van der Waals surface area contributed by atoms with Crippen LogP contribution in [0.3, 0.4) is 0 Å². The molecule has 2 aromatic heterocycles. The van der Waals surface area contributed by atoms with Gasteiger partial charge in [-0.15, -0.1) is 0 Å². The molecule has 0 fully saturated rings. The highest BCUT2D eigenvalue weighted by molar-refractivity contribution is 9.10. The molecule has 0 radical (unpaired) electrons. The van der Waals surface area contributed by atoms with Crippen LogP contribution in [0.1, 0.15) is 11.1 Å². The Morgan fingerprint density at radius 3 is 2.67 bits per heavy atom. The van der Waals surface area contributed by atoms with E-state index in [0.29, 0.717) is 23.0 Å². The predicted molar refractivity (Wildman–Crippen MR) is 122 cm³/mol. The van der Waals surface area contributed by atoms with E-state index in [-0.39, 0.29) is 11.7 Å². The molecule has 0 saturated heterocycles. The highest BCUT2D eigenvalue weighted by Crippen LogP contribution is 2.25. The molecule has 8 heteroatoms. The molecule has 2 heterocycles. The number of hydrogen-bond acceptors (Lipinski definition) is 6. The van der Waals surface area contributed by atoms with E-state index in [1.165, 1.54) is 23.7 Å². The third kappa shape index (κ3) is 4.83. The lowest BCUT2D eigenvalue weighted by molar-refractivity contribution is -0.118. The van der Waals surface area contributed by atoms with Gasteiger partial charge < -0.3 is 5.32 Å². The van der Waals surface area contributed by atoms with Crippen LogP contribution in [0.25, 0.3) is 22.4 Å². The van der Waals surface area contributed by atoms with Crippen LogP contribution >= 0.6 is 27.7 Å². The Bertz CT molecular complexity index is 1200. The van der Waals surface area contributed by atoms with Crippen molar-refractivity contribution in [3.05, 3.63) is 76.7 Å². The molecule has 0 aliphatic rings. The van der Waals surface area contributed by atoms with Gasteiger partial charge in [-0.2, -0.15) is 0 Å². The number of fused-ring (bicyclic) bond motifs is 1. The van der Waals surface area contributed by atoms with Gasteiger partial charge in [-0.05, 0) is 18.6 Å². The Morgan fingerprint density at radius 1 is 1.07 bits per heavy atom. The molecule has 0 atom stereocenters. The summed E-state index contributed by atoms with van der Waals surface area (Å²) in [7, 11) is 0. The van der Waals surface area contributed by atoms with Crippen molar-refractivity contribution in [3.8, 4) is 11.4 Å². The zero-order chi connectivity index (χ0) is 20.9. The van der Waals surface area contributed by atoms with Gasteiger partial charge in [0.1, 0.15) is 11.4 Å². The summed E-state index contributed by atoms with van der Waals surface area (Å²) in [5.74, 6) is 0.791. The van der Waals surface area contributed by atoms with Crippen molar-refractivity contribution in [3.63, 3.8) is 0 Å². The summed E-state index contributed by atoms with van der Waals surface area (Å²) in [5.41, 5.74) is 3.70. The van der Waals surface area contributed by atoms with Gasteiger partial charge in [0.2, 0.25) is 5.91 Å². The first-order valence-electron chi connectivity index (χ1n) is 9.28. The van der Waals surface area contributed by atoms with Crippen LogP contribution in [0.15, 0.2) is 70.6 Å². The maximum absolute atomic E-state index is 12.3. The van der Waals surface area contributed by atoms with Crippen molar-refractivity contribution in [1.82, 2.24) is 25.3 Å². The number of nitrogens with zero attached hydrogens (tertiary/aromatic N) is 4. The Kier molecular flexibility index (Phi) is 6.35. The van der Waals surface area contributed by atoms with Crippen LogP contribution in [0.4, 0.5) is 0 Å². The van der Waals surface area contributed by atoms with E-state index in [4.69, 9.17) is 0 Å². The number of rotatable bonds is 6. The topological polar surface area (TPSA) is 80.7 Å². The molecule has 0 spiro atoms. The number of aryl methyl sites for hydroxylation is 1. The fraction of sp³-hybridized carbons (Fsp3) is 0.136. The van der Waals surface area contributed by atoms with Gasteiger partial charge in [-0.3, -0.25) is 4.79 Å². The molecular weight excluding hydrogens is 462 g/mol. The number of carbonyl (C=O) groups excluding carboxylic acids is 1. The number of thioether (sulfide) groups is 1. The normalized spacial score (nSPS) is 10.9. The molecule has 0 unspecified atom stereocenters. The molecule has 1 N–H and O–H groups in total. The van der Waals surface area contributed by atoms with Crippen molar-refractivity contribution in [2.75, 3.05) is 5.75 Å². The van der Waals surface area contributed by atoms with Gasteiger partial charge in [0.05, 0.1) is 11.1 Å². The van der Waals surface area contributed by atoms with E-state index in [1.807, 2.05) is 55.5 Å². The molecule has 0 bridgehead atoms. The lowest BCUT2D eigenvalue weighted by Crippen LogP contribution is -2.24. The van der Waals surface area contributed by atoms with Crippen LogP contribution in [0, 0.1) is 6.92 Å². The number of nitrogens with one attached hydrogen (secondary N) is 1. The van der Waals surface area contributed by atoms with Crippen LogP contribution < -0.4 is 5.32 Å². The van der Waals surface area contributed by atoms with Crippen LogP contribution in [0.2, 0.25) is 0 Å². The molecule has 30 heavy (non-hydrogen) atoms. The number of carbonyl (C=O) groups is 1. The second-order valence-corrected chi connectivity index (χ2v) is 8.45. The molecule has 6 nitrogen and oxygen atoms in total. The van der Waals surface area contributed by atoms with Crippen molar-refractivity contribution >= 4 is 44.6 Å². The maximum atomic E-state index is 12.3. The number of aromatic nitrogens is 4. The molecule has 0 aliphatic carbocycles. The molecule has 0 saturated carbocycles. The lowest BCUT2D eigenvalue weighted by atomic mass is 10.1. The number of amides is 1. The third-order valence-electron chi connectivity index (χ3n) is 4.44. The molecule has 0 aliphatic heterocycles. The van der Waals surface area contributed by atoms with Crippen molar-refractivity contribution in [2.24, 2.45) is 0 Å². The van der Waals surface area contributed by atoms with Gasteiger partial charge in [0.15, 0.2) is 11.5 Å². The summed E-state index contributed by atoms with van der Waals surface area (Å²) in [6, 6.07) is 15.8. The van der Waals surface area contributed by atoms with E-state index in [9.17, 15) is 4.79 Å². The number of hydrogen-bond donors (Lipinski definition) is 1. The fourth-order valence-corrected chi connectivity index (χ4v) is 4.02. The van der Waals surface area contributed by atoms with E-state index in [2.05, 4.69) is 41.2 Å². The van der Waals surface area contributed by atoms with Crippen LogP contribution in [-0.2, 0) is 11.3 Å².